The van der Waals surface area contributed by atoms with E-state index < -0.39 is 10.0 Å². The van der Waals surface area contributed by atoms with E-state index in [9.17, 15) is 8.42 Å². The molecule has 0 atom stereocenters. The summed E-state index contributed by atoms with van der Waals surface area (Å²) in [7, 11) is -3.45. The van der Waals surface area contributed by atoms with Crippen molar-refractivity contribution in [2.24, 2.45) is 5.73 Å². The second-order valence-corrected chi connectivity index (χ2v) is 6.79. The van der Waals surface area contributed by atoms with Crippen molar-refractivity contribution in [2.45, 2.75) is 43.2 Å². The van der Waals surface area contributed by atoms with Crippen LogP contribution in [0.5, 0.6) is 0 Å². The van der Waals surface area contributed by atoms with E-state index in [1.54, 1.807) is 24.3 Å². The van der Waals surface area contributed by atoms with Gasteiger partial charge in [0.2, 0.25) is 10.0 Å². The summed E-state index contributed by atoms with van der Waals surface area (Å²) in [4.78, 5) is 0.260. The topological polar surface area (TPSA) is 81.4 Å². The summed E-state index contributed by atoms with van der Waals surface area (Å²) in [6.07, 6.45) is 4.91. The van der Waals surface area contributed by atoms with Crippen LogP contribution in [-0.2, 0) is 21.3 Å². The van der Waals surface area contributed by atoms with Crippen LogP contribution in [0.3, 0.4) is 0 Å². The highest BCUT2D eigenvalue weighted by Gasteiger charge is 2.16. The van der Waals surface area contributed by atoms with Crippen molar-refractivity contribution in [2.75, 3.05) is 13.2 Å². The van der Waals surface area contributed by atoms with Gasteiger partial charge in [0.25, 0.3) is 0 Å². The van der Waals surface area contributed by atoms with Gasteiger partial charge in [0.05, 0.1) is 17.6 Å². The number of hydrogen-bond acceptors (Lipinski definition) is 4. The van der Waals surface area contributed by atoms with Crippen LogP contribution in [0.1, 0.15) is 31.2 Å². The fraction of sp³-hybridized carbons (Fsp3) is 0.571. The van der Waals surface area contributed by atoms with Gasteiger partial charge < -0.3 is 10.5 Å². The summed E-state index contributed by atoms with van der Waals surface area (Å²) in [5.41, 5.74) is 6.40. The van der Waals surface area contributed by atoms with Crippen LogP contribution in [0.25, 0.3) is 0 Å². The zero-order chi connectivity index (χ0) is 14.4. The molecular formula is C14H22N2O3S. The molecule has 1 aliphatic carbocycles. The monoisotopic (exact) mass is 298 g/mol. The van der Waals surface area contributed by atoms with E-state index in [2.05, 4.69) is 4.72 Å². The fourth-order valence-corrected chi connectivity index (χ4v) is 3.36. The highest BCUT2D eigenvalue weighted by molar-refractivity contribution is 7.89. The maximum atomic E-state index is 12.0. The Hall–Kier alpha value is -0.950. The molecule has 20 heavy (non-hydrogen) atoms. The standard InChI is InChI=1S/C14H22N2O3S/c15-11-12-5-7-14(8-6-12)20(17,18)16-9-10-19-13-3-1-2-4-13/h5-8,13,16H,1-4,9-11,15H2. The Morgan fingerprint density at radius 2 is 1.85 bits per heavy atom. The minimum absolute atomic E-state index is 0.260. The van der Waals surface area contributed by atoms with Crippen LogP contribution < -0.4 is 10.5 Å². The maximum Gasteiger partial charge on any atom is 0.240 e. The highest BCUT2D eigenvalue weighted by Crippen LogP contribution is 2.20. The number of sulfonamides is 1. The van der Waals surface area contributed by atoms with E-state index in [-0.39, 0.29) is 4.90 Å². The summed E-state index contributed by atoms with van der Waals surface area (Å²) in [6, 6.07) is 6.60. The number of ether oxygens (including phenoxy) is 1. The van der Waals surface area contributed by atoms with Crippen LogP contribution in [0.15, 0.2) is 29.2 Å². The number of nitrogens with one attached hydrogen (secondary N) is 1. The van der Waals surface area contributed by atoms with E-state index in [0.717, 1.165) is 18.4 Å². The third-order valence-electron chi connectivity index (χ3n) is 3.52. The molecule has 0 unspecified atom stereocenters. The van der Waals surface area contributed by atoms with Crippen LogP contribution in [0.4, 0.5) is 0 Å². The van der Waals surface area contributed by atoms with Crippen molar-refractivity contribution in [3.8, 4) is 0 Å². The molecule has 0 aromatic heterocycles. The van der Waals surface area contributed by atoms with Crippen molar-refractivity contribution in [1.82, 2.24) is 4.72 Å². The lowest BCUT2D eigenvalue weighted by molar-refractivity contribution is 0.0626. The second kappa shape index (κ2) is 7.17. The third-order valence-corrected chi connectivity index (χ3v) is 5.00. The SMILES string of the molecule is NCc1ccc(S(=O)(=O)NCCOC2CCCC2)cc1. The Kier molecular flexibility index (Phi) is 5.54. The van der Waals surface area contributed by atoms with Crippen LogP contribution in [-0.4, -0.2) is 27.7 Å². The first-order valence-corrected chi connectivity index (χ1v) is 8.50. The molecule has 0 aliphatic heterocycles. The van der Waals surface area contributed by atoms with Gasteiger partial charge in [0.1, 0.15) is 0 Å². The van der Waals surface area contributed by atoms with Gasteiger partial charge >= 0.3 is 0 Å². The zero-order valence-electron chi connectivity index (χ0n) is 11.5. The molecule has 0 amide bonds. The van der Waals surface area contributed by atoms with Gasteiger partial charge in [-0.15, -0.1) is 0 Å². The maximum absolute atomic E-state index is 12.0. The lowest BCUT2D eigenvalue weighted by atomic mass is 10.2. The van der Waals surface area contributed by atoms with E-state index >= 15 is 0 Å². The predicted octanol–water partition coefficient (Wildman–Crippen LogP) is 1.38. The van der Waals surface area contributed by atoms with Crippen LogP contribution in [0.2, 0.25) is 0 Å². The molecule has 3 N–H and O–H groups in total. The smallest absolute Gasteiger partial charge is 0.240 e. The van der Waals surface area contributed by atoms with Crippen molar-refractivity contribution < 1.29 is 13.2 Å². The molecule has 1 aliphatic rings. The van der Waals surface area contributed by atoms with Gasteiger partial charge in [-0.3, -0.25) is 0 Å². The molecule has 0 bridgehead atoms. The molecule has 5 nitrogen and oxygen atoms in total. The summed E-state index contributed by atoms with van der Waals surface area (Å²) in [5.74, 6) is 0. The van der Waals surface area contributed by atoms with Crippen LogP contribution >= 0.6 is 0 Å². The number of nitrogens with two attached hydrogens (primary N) is 1. The second-order valence-electron chi connectivity index (χ2n) is 5.02. The van der Waals surface area contributed by atoms with Gasteiger partial charge in [0.15, 0.2) is 0 Å². The molecule has 1 fully saturated rings. The van der Waals surface area contributed by atoms with Gasteiger partial charge in [0, 0.05) is 13.1 Å². The largest absolute Gasteiger partial charge is 0.377 e. The van der Waals surface area contributed by atoms with Gasteiger partial charge in [-0.05, 0) is 30.5 Å². The predicted molar refractivity (Wildman–Crippen MR) is 77.7 cm³/mol. The molecule has 6 heteroatoms. The fourth-order valence-electron chi connectivity index (χ4n) is 2.34. The molecule has 2 rings (SSSR count). The number of rotatable bonds is 7. The molecule has 0 spiro atoms. The van der Waals surface area contributed by atoms with Gasteiger partial charge in [-0.1, -0.05) is 25.0 Å². The molecule has 0 radical (unpaired) electrons. The number of hydrogen-bond donors (Lipinski definition) is 2. The first kappa shape index (κ1) is 15.4. The Morgan fingerprint density at radius 3 is 2.45 bits per heavy atom. The Morgan fingerprint density at radius 1 is 1.20 bits per heavy atom. The first-order chi connectivity index (χ1) is 9.62. The normalized spacial score (nSPS) is 16.6. The van der Waals surface area contributed by atoms with E-state index in [0.29, 0.717) is 25.8 Å². The van der Waals surface area contributed by atoms with E-state index in [1.807, 2.05) is 0 Å². The molecular weight excluding hydrogens is 276 g/mol. The Labute approximate surface area is 120 Å². The average molecular weight is 298 g/mol. The summed E-state index contributed by atoms with van der Waals surface area (Å²) in [5, 5.41) is 0. The Balaban J connectivity index is 1.80. The molecule has 1 saturated carbocycles. The third kappa shape index (κ3) is 4.28. The average Bonchev–Trinajstić information content (AvgIpc) is 2.97. The highest BCUT2D eigenvalue weighted by atomic mass is 32.2. The van der Waals surface area contributed by atoms with E-state index in [4.69, 9.17) is 10.5 Å². The van der Waals surface area contributed by atoms with Gasteiger partial charge in [-0.25, -0.2) is 13.1 Å². The Bertz CT molecular complexity index is 508. The molecule has 112 valence electrons. The van der Waals surface area contributed by atoms with Crippen molar-refractivity contribution >= 4 is 10.0 Å². The van der Waals surface area contributed by atoms with Crippen LogP contribution in [0, 0.1) is 0 Å². The summed E-state index contributed by atoms with van der Waals surface area (Å²) >= 11 is 0. The molecule has 1 aromatic rings. The lowest BCUT2D eigenvalue weighted by Crippen LogP contribution is -2.28. The number of benzene rings is 1. The quantitative estimate of drug-likeness (QED) is 0.745. The summed E-state index contributed by atoms with van der Waals surface area (Å²) in [6.45, 7) is 1.13. The molecule has 1 aromatic carbocycles. The minimum Gasteiger partial charge on any atom is -0.377 e. The first-order valence-electron chi connectivity index (χ1n) is 7.02. The lowest BCUT2D eigenvalue weighted by Gasteiger charge is -2.12. The van der Waals surface area contributed by atoms with Crippen molar-refractivity contribution in [3.63, 3.8) is 0 Å². The zero-order valence-corrected chi connectivity index (χ0v) is 12.4. The van der Waals surface area contributed by atoms with Crippen molar-refractivity contribution in [3.05, 3.63) is 29.8 Å². The minimum atomic E-state index is -3.45. The van der Waals surface area contributed by atoms with E-state index in [1.165, 1.54) is 12.8 Å². The molecule has 0 saturated heterocycles. The summed E-state index contributed by atoms with van der Waals surface area (Å²) < 4.78 is 32.2. The van der Waals surface area contributed by atoms with Gasteiger partial charge in [-0.2, -0.15) is 0 Å². The molecule has 0 heterocycles. The van der Waals surface area contributed by atoms with Crippen molar-refractivity contribution in [1.29, 1.82) is 0 Å².